The normalized spacial score (nSPS) is 24.5. The van der Waals surface area contributed by atoms with Crippen molar-refractivity contribution in [2.24, 2.45) is 4.99 Å². The standard InChI is InChI=1S/C20H32N4O2/c1-20(10-6-12-25-20)15-24-19(21-2)23-14-16-9-11-22-18(13-16)26-17-7-4-3-5-8-17/h9,11,13,17H,3-8,10,12,14-15H2,1-2H3,(H2,21,23,24). The second-order valence-corrected chi connectivity index (χ2v) is 7.56. The number of nitrogens with one attached hydrogen (secondary N) is 2. The number of hydrogen-bond donors (Lipinski definition) is 2. The van der Waals surface area contributed by atoms with E-state index in [-0.39, 0.29) is 5.60 Å². The molecular weight excluding hydrogens is 328 g/mol. The molecule has 1 aromatic rings. The predicted molar refractivity (Wildman–Crippen MR) is 104 cm³/mol. The van der Waals surface area contributed by atoms with E-state index in [1.54, 1.807) is 7.05 Å². The molecule has 6 nitrogen and oxygen atoms in total. The van der Waals surface area contributed by atoms with Crippen LogP contribution in [0.25, 0.3) is 0 Å². The zero-order chi connectivity index (χ0) is 18.2. The molecular formula is C20H32N4O2. The van der Waals surface area contributed by atoms with Crippen LogP contribution in [0.15, 0.2) is 23.3 Å². The van der Waals surface area contributed by atoms with Crippen molar-refractivity contribution < 1.29 is 9.47 Å². The Morgan fingerprint density at radius 1 is 1.31 bits per heavy atom. The van der Waals surface area contributed by atoms with Crippen LogP contribution < -0.4 is 15.4 Å². The quantitative estimate of drug-likeness (QED) is 0.603. The largest absolute Gasteiger partial charge is 0.474 e. The third-order valence-corrected chi connectivity index (χ3v) is 5.25. The summed E-state index contributed by atoms with van der Waals surface area (Å²) in [4.78, 5) is 8.67. The number of aromatic nitrogens is 1. The topological polar surface area (TPSA) is 67.8 Å². The zero-order valence-electron chi connectivity index (χ0n) is 16.1. The molecule has 1 unspecified atom stereocenters. The highest BCUT2D eigenvalue weighted by Crippen LogP contribution is 2.24. The van der Waals surface area contributed by atoms with Gasteiger partial charge in [-0.15, -0.1) is 0 Å². The van der Waals surface area contributed by atoms with Crippen molar-refractivity contribution in [1.82, 2.24) is 15.6 Å². The van der Waals surface area contributed by atoms with E-state index < -0.39 is 0 Å². The van der Waals surface area contributed by atoms with Crippen molar-refractivity contribution in [3.63, 3.8) is 0 Å². The Morgan fingerprint density at radius 3 is 2.88 bits per heavy atom. The molecule has 0 spiro atoms. The molecule has 3 rings (SSSR count). The molecule has 1 saturated carbocycles. The Kier molecular flexibility index (Phi) is 6.72. The second-order valence-electron chi connectivity index (χ2n) is 7.56. The van der Waals surface area contributed by atoms with Crippen LogP contribution in [0.3, 0.4) is 0 Å². The minimum Gasteiger partial charge on any atom is -0.474 e. The van der Waals surface area contributed by atoms with Crippen molar-refractivity contribution >= 4 is 5.96 Å². The summed E-state index contributed by atoms with van der Waals surface area (Å²) in [7, 11) is 1.79. The van der Waals surface area contributed by atoms with Gasteiger partial charge in [0.25, 0.3) is 0 Å². The van der Waals surface area contributed by atoms with Gasteiger partial charge >= 0.3 is 0 Å². The zero-order valence-corrected chi connectivity index (χ0v) is 16.1. The summed E-state index contributed by atoms with van der Waals surface area (Å²) in [5.74, 6) is 1.51. The summed E-state index contributed by atoms with van der Waals surface area (Å²) in [6.07, 6.45) is 10.5. The lowest BCUT2D eigenvalue weighted by molar-refractivity contribution is 0.0243. The average Bonchev–Trinajstić information content (AvgIpc) is 3.10. The average molecular weight is 361 g/mol. The van der Waals surface area contributed by atoms with Crippen LogP contribution >= 0.6 is 0 Å². The molecule has 0 aromatic carbocycles. The first-order chi connectivity index (χ1) is 12.7. The van der Waals surface area contributed by atoms with Gasteiger partial charge in [-0.25, -0.2) is 4.98 Å². The smallest absolute Gasteiger partial charge is 0.213 e. The van der Waals surface area contributed by atoms with Crippen LogP contribution in [0, 0.1) is 0 Å². The highest BCUT2D eigenvalue weighted by atomic mass is 16.5. The van der Waals surface area contributed by atoms with E-state index in [9.17, 15) is 0 Å². The van der Waals surface area contributed by atoms with Gasteiger partial charge in [0.2, 0.25) is 5.88 Å². The van der Waals surface area contributed by atoms with Crippen LogP contribution in [0.4, 0.5) is 0 Å². The molecule has 1 atom stereocenters. The van der Waals surface area contributed by atoms with E-state index in [2.05, 4.69) is 27.5 Å². The molecule has 2 aliphatic rings. The second kappa shape index (κ2) is 9.21. The maximum absolute atomic E-state index is 6.06. The molecule has 0 bridgehead atoms. The number of pyridine rings is 1. The van der Waals surface area contributed by atoms with Gasteiger partial charge < -0.3 is 20.1 Å². The number of aliphatic imine (C=N–C) groups is 1. The van der Waals surface area contributed by atoms with Crippen LogP contribution in [0.5, 0.6) is 5.88 Å². The number of rotatable bonds is 6. The Hall–Kier alpha value is -1.82. The maximum Gasteiger partial charge on any atom is 0.213 e. The Morgan fingerprint density at radius 2 is 2.15 bits per heavy atom. The van der Waals surface area contributed by atoms with Crippen LogP contribution in [0.1, 0.15) is 57.4 Å². The first kappa shape index (κ1) is 19.0. The number of nitrogens with zero attached hydrogens (tertiary/aromatic N) is 2. The van der Waals surface area contributed by atoms with Gasteiger partial charge in [-0.1, -0.05) is 6.42 Å². The molecule has 26 heavy (non-hydrogen) atoms. The SMILES string of the molecule is CN=C(NCc1ccnc(OC2CCCCC2)c1)NCC1(C)CCCO1. The lowest BCUT2D eigenvalue weighted by Crippen LogP contribution is -2.45. The molecule has 2 fully saturated rings. The van der Waals surface area contributed by atoms with Crippen LogP contribution in [0.2, 0.25) is 0 Å². The van der Waals surface area contributed by atoms with Crippen LogP contribution in [-0.4, -0.2) is 42.8 Å². The molecule has 0 radical (unpaired) electrons. The molecule has 144 valence electrons. The predicted octanol–water partition coefficient (Wildman–Crippen LogP) is 3.03. The lowest BCUT2D eigenvalue weighted by atomic mass is 9.98. The molecule has 1 aromatic heterocycles. The van der Waals surface area contributed by atoms with Gasteiger partial charge in [-0.3, -0.25) is 4.99 Å². The minimum absolute atomic E-state index is 0.0880. The molecule has 1 saturated heterocycles. The highest BCUT2D eigenvalue weighted by molar-refractivity contribution is 5.79. The summed E-state index contributed by atoms with van der Waals surface area (Å²) >= 11 is 0. The first-order valence-electron chi connectivity index (χ1n) is 9.87. The maximum atomic E-state index is 6.06. The molecule has 6 heteroatoms. The van der Waals surface area contributed by atoms with Gasteiger partial charge in [-0.2, -0.15) is 0 Å². The molecule has 1 aliphatic heterocycles. The third-order valence-electron chi connectivity index (χ3n) is 5.25. The molecule has 2 heterocycles. The van der Waals surface area contributed by atoms with E-state index in [1.807, 2.05) is 18.3 Å². The number of ether oxygens (including phenoxy) is 2. The van der Waals surface area contributed by atoms with Crippen LogP contribution in [-0.2, 0) is 11.3 Å². The Bertz CT molecular complexity index is 593. The third kappa shape index (κ3) is 5.59. The van der Waals surface area contributed by atoms with Gasteiger partial charge in [0, 0.05) is 39.0 Å². The summed E-state index contributed by atoms with van der Waals surface area (Å²) in [6.45, 7) is 4.45. The number of hydrogen-bond acceptors (Lipinski definition) is 4. The summed E-state index contributed by atoms with van der Waals surface area (Å²) in [6, 6.07) is 4.03. The Labute approximate surface area is 156 Å². The van der Waals surface area contributed by atoms with Crippen molar-refractivity contribution in [1.29, 1.82) is 0 Å². The molecule has 1 aliphatic carbocycles. The van der Waals surface area contributed by atoms with Crippen molar-refractivity contribution in [3.05, 3.63) is 23.9 Å². The van der Waals surface area contributed by atoms with E-state index in [4.69, 9.17) is 9.47 Å². The monoisotopic (exact) mass is 360 g/mol. The lowest BCUT2D eigenvalue weighted by Gasteiger charge is -2.24. The van der Waals surface area contributed by atoms with Gasteiger partial charge in [0.05, 0.1) is 5.60 Å². The first-order valence-corrected chi connectivity index (χ1v) is 9.87. The summed E-state index contributed by atoms with van der Waals surface area (Å²) in [5, 5.41) is 6.73. The van der Waals surface area contributed by atoms with Crippen molar-refractivity contribution in [3.8, 4) is 5.88 Å². The van der Waals surface area contributed by atoms with Gasteiger partial charge in [0.1, 0.15) is 6.10 Å². The summed E-state index contributed by atoms with van der Waals surface area (Å²) in [5.41, 5.74) is 1.05. The van der Waals surface area contributed by atoms with E-state index in [0.29, 0.717) is 12.6 Å². The number of guanidine groups is 1. The molecule has 2 N–H and O–H groups in total. The van der Waals surface area contributed by atoms with E-state index in [0.717, 1.165) is 56.2 Å². The summed E-state index contributed by atoms with van der Waals surface area (Å²) < 4.78 is 11.9. The van der Waals surface area contributed by atoms with Gasteiger partial charge in [-0.05, 0) is 57.1 Å². The minimum atomic E-state index is -0.0880. The fraction of sp³-hybridized carbons (Fsp3) is 0.700. The fourth-order valence-corrected chi connectivity index (χ4v) is 3.63. The van der Waals surface area contributed by atoms with Gasteiger partial charge in [0.15, 0.2) is 5.96 Å². The van der Waals surface area contributed by atoms with E-state index >= 15 is 0 Å². The fourth-order valence-electron chi connectivity index (χ4n) is 3.63. The van der Waals surface area contributed by atoms with Crippen molar-refractivity contribution in [2.75, 3.05) is 20.2 Å². The molecule has 0 amide bonds. The van der Waals surface area contributed by atoms with Crippen molar-refractivity contribution in [2.45, 2.75) is 70.1 Å². The van der Waals surface area contributed by atoms with E-state index in [1.165, 1.54) is 19.3 Å². The Balaban J connectivity index is 1.47. The highest BCUT2D eigenvalue weighted by Gasteiger charge is 2.29.